The second kappa shape index (κ2) is 9.86. The van der Waals surface area contributed by atoms with E-state index in [1.165, 1.54) is 24.3 Å². The minimum Gasteiger partial charge on any atom is -0.452 e. The van der Waals surface area contributed by atoms with Gasteiger partial charge in [-0.3, -0.25) is 9.59 Å². The van der Waals surface area contributed by atoms with Gasteiger partial charge in [0.15, 0.2) is 6.61 Å². The SMILES string of the molecule is O=Cc1ccc(C(=O)OCC(=O)NCCSc2ccc(Cl)cc2)cc1. The maximum Gasteiger partial charge on any atom is 0.338 e. The van der Waals surface area contributed by atoms with E-state index in [2.05, 4.69) is 5.32 Å². The predicted molar refractivity (Wildman–Crippen MR) is 97.3 cm³/mol. The van der Waals surface area contributed by atoms with Crippen LogP contribution in [0.2, 0.25) is 5.02 Å². The molecular formula is C18H16ClNO4S. The Kier molecular flexibility index (Phi) is 7.50. The predicted octanol–water partition coefficient (Wildman–Crippen LogP) is 3.22. The van der Waals surface area contributed by atoms with Gasteiger partial charge in [0.05, 0.1) is 5.56 Å². The van der Waals surface area contributed by atoms with Crippen LogP contribution in [-0.4, -0.2) is 37.1 Å². The number of esters is 1. The first-order valence-corrected chi connectivity index (χ1v) is 8.82. The Hall–Kier alpha value is -2.31. The van der Waals surface area contributed by atoms with Crippen molar-refractivity contribution in [3.05, 3.63) is 64.7 Å². The molecule has 0 saturated carbocycles. The van der Waals surface area contributed by atoms with Crippen molar-refractivity contribution >= 4 is 41.5 Å². The number of ether oxygens (including phenoxy) is 1. The fourth-order valence-electron chi connectivity index (χ4n) is 1.85. The van der Waals surface area contributed by atoms with Gasteiger partial charge in [-0.1, -0.05) is 23.7 Å². The third kappa shape index (κ3) is 6.60. The van der Waals surface area contributed by atoms with Gasteiger partial charge in [0.2, 0.25) is 0 Å². The Morgan fingerprint density at radius 1 is 1.08 bits per heavy atom. The highest BCUT2D eigenvalue weighted by atomic mass is 35.5. The fourth-order valence-corrected chi connectivity index (χ4v) is 2.75. The molecule has 0 bridgehead atoms. The monoisotopic (exact) mass is 377 g/mol. The van der Waals surface area contributed by atoms with Gasteiger partial charge in [0.25, 0.3) is 5.91 Å². The van der Waals surface area contributed by atoms with Crippen molar-refractivity contribution < 1.29 is 19.1 Å². The van der Waals surface area contributed by atoms with Crippen molar-refractivity contribution in [2.45, 2.75) is 4.90 Å². The Morgan fingerprint density at radius 3 is 2.40 bits per heavy atom. The summed E-state index contributed by atoms with van der Waals surface area (Å²) < 4.78 is 4.93. The van der Waals surface area contributed by atoms with E-state index in [-0.39, 0.29) is 18.1 Å². The molecule has 2 aromatic carbocycles. The van der Waals surface area contributed by atoms with E-state index < -0.39 is 5.97 Å². The molecule has 7 heteroatoms. The molecule has 0 fully saturated rings. The van der Waals surface area contributed by atoms with E-state index >= 15 is 0 Å². The Labute approximate surface area is 154 Å². The lowest BCUT2D eigenvalue weighted by molar-refractivity contribution is -0.124. The lowest BCUT2D eigenvalue weighted by Gasteiger charge is -2.07. The lowest BCUT2D eigenvalue weighted by atomic mass is 10.1. The molecule has 0 aliphatic carbocycles. The van der Waals surface area contributed by atoms with E-state index in [4.69, 9.17) is 16.3 Å². The molecule has 0 aliphatic heterocycles. The number of hydrogen-bond acceptors (Lipinski definition) is 5. The first-order chi connectivity index (χ1) is 12.1. The second-order valence-electron chi connectivity index (χ2n) is 4.97. The maximum atomic E-state index is 11.8. The summed E-state index contributed by atoms with van der Waals surface area (Å²) >= 11 is 7.40. The van der Waals surface area contributed by atoms with Gasteiger partial charge in [-0.15, -0.1) is 11.8 Å². The molecule has 1 N–H and O–H groups in total. The van der Waals surface area contributed by atoms with Crippen LogP contribution >= 0.6 is 23.4 Å². The van der Waals surface area contributed by atoms with E-state index in [9.17, 15) is 14.4 Å². The average Bonchev–Trinajstić information content (AvgIpc) is 2.64. The van der Waals surface area contributed by atoms with Crippen LogP contribution in [0.1, 0.15) is 20.7 Å². The van der Waals surface area contributed by atoms with Crippen LogP contribution in [0.25, 0.3) is 0 Å². The van der Waals surface area contributed by atoms with Gasteiger partial charge in [-0.05, 0) is 36.4 Å². The zero-order chi connectivity index (χ0) is 18.1. The topological polar surface area (TPSA) is 72.5 Å². The van der Waals surface area contributed by atoms with Crippen LogP contribution in [-0.2, 0) is 9.53 Å². The maximum absolute atomic E-state index is 11.8. The van der Waals surface area contributed by atoms with Crippen LogP contribution in [0.4, 0.5) is 0 Å². The molecule has 1 amide bonds. The van der Waals surface area contributed by atoms with Gasteiger partial charge in [-0.2, -0.15) is 0 Å². The highest BCUT2D eigenvalue weighted by molar-refractivity contribution is 7.99. The van der Waals surface area contributed by atoms with Gasteiger partial charge in [0, 0.05) is 27.8 Å². The molecular weight excluding hydrogens is 362 g/mol. The van der Waals surface area contributed by atoms with Gasteiger partial charge in [-0.25, -0.2) is 4.79 Å². The number of amides is 1. The van der Waals surface area contributed by atoms with Crippen molar-refractivity contribution in [1.82, 2.24) is 5.32 Å². The Bertz CT molecular complexity index is 732. The van der Waals surface area contributed by atoms with E-state index in [1.54, 1.807) is 11.8 Å². The van der Waals surface area contributed by atoms with E-state index in [0.717, 1.165) is 4.90 Å². The van der Waals surface area contributed by atoms with Crippen LogP contribution < -0.4 is 5.32 Å². The Morgan fingerprint density at radius 2 is 1.76 bits per heavy atom. The minimum atomic E-state index is -0.608. The third-order valence-corrected chi connectivity index (χ3v) is 4.39. The van der Waals surface area contributed by atoms with Gasteiger partial charge < -0.3 is 10.1 Å². The summed E-state index contributed by atoms with van der Waals surface area (Å²) in [7, 11) is 0. The van der Waals surface area contributed by atoms with Crippen LogP contribution in [0.3, 0.4) is 0 Å². The summed E-state index contributed by atoms with van der Waals surface area (Å²) in [6.45, 7) is 0.109. The molecule has 0 spiro atoms. The van der Waals surface area contributed by atoms with E-state index in [0.29, 0.717) is 29.2 Å². The quantitative estimate of drug-likeness (QED) is 0.331. The van der Waals surface area contributed by atoms with Gasteiger partial charge >= 0.3 is 5.97 Å². The normalized spacial score (nSPS) is 10.1. The minimum absolute atomic E-state index is 0.289. The molecule has 0 saturated heterocycles. The molecule has 0 unspecified atom stereocenters. The average molecular weight is 378 g/mol. The first-order valence-electron chi connectivity index (χ1n) is 7.46. The van der Waals surface area contributed by atoms with Crippen molar-refractivity contribution in [1.29, 1.82) is 0 Å². The first kappa shape index (κ1) is 19.0. The van der Waals surface area contributed by atoms with Crippen LogP contribution in [0.5, 0.6) is 0 Å². The molecule has 2 aromatic rings. The third-order valence-electron chi connectivity index (χ3n) is 3.12. The number of aldehydes is 1. The summed E-state index contributed by atoms with van der Waals surface area (Å²) in [5, 5.41) is 3.36. The van der Waals surface area contributed by atoms with E-state index in [1.807, 2.05) is 24.3 Å². The number of rotatable bonds is 8. The molecule has 2 rings (SSSR count). The molecule has 25 heavy (non-hydrogen) atoms. The fraction of sp³-hybridized carbons (Fsp3) is 0.167. The standard InChI is InChI=1S/C18H16ClNO4S/c19-15-5-7-16(8-6-15)25-10-9-20-17(22)12-24-18(23)14-3-1-13(11-21)2-4-14/h1-8,11H,9-10,12H2,(H,20,22). The molecule has 0 radical (unpaired) electrons. The Balaban J connectivity index is 1.65. The highest BCUT2D eigenvalue weighted by Crippen LogP contribution is 2.19. The van der Waals surface area contributed by atoms with Crippen molar-refractivity contribution in [3.63, 3.8) is 0 Å². The summed E-state index contributed by atoms with van der Waals surface area (Å²) in [5.74, 6) is -0.285. The number of thioether (sulfide) groups is 1. The van der Waals surface area contributed by atoms with Crippen molar-refractivity contribution in [3.8, 4) is 0 Å². The largest absolute Gasteiger partial charge is 0.452 e. The molecule has 0 aliphatic rings. The molecule has 0 atom stereocenters. The second-order valence-corrected chi connectivity index (χ2v) is 6.57. The highest BCUT2D eigenvalue weighted by Gasteiger charge is 2.09. The number of halogens is 1. The van der Waals surface area contributed by atoms with Crippen molar-refractivity contribution in [2.24, 2.45) is 0 Å². The zero-order valence-corrected chi connectivity index (χ0v) is 14.8. The number of benzene rings is 2. The summed E-state index contributed by atoms with van der Waals surface area (Å²) in [4.78, 5) is 35.1. The van der Waals surface area contributed by atoms with Crippen LogP contribution in [0, 0.1) is 0 Å². The summed E-state index contributed by atoms with van der Waals surface area (Å²) in [6, 6.07) is 13.4. The summed E-state index contributed by atoms with van der Waals surface area (Å²) in [5.41, 5.74) is 0.754. The van der Waals surface area contributed by atoms with Crippen LogP contribution in [0.15, 0.2) is 53.4 Å². The number of carbonyl (C=O) groups excluding carboxylic acids is 3. The molecule has 130 valence electrons. The number of hydrogen-bond donors (Lipinski definition) is 1. The smallest absolute Gasteiger partial charge is 0.338 e. The molecule has 0 aromatic heterocycles. The lowest BCUT2D eigenvalue weighted by Crippen LogP contribution is -2.30. The molecule has 5 nitrogen and oxygen atoms in total. The number of carbonyl (C=O) groups is 3. The molecule has 0 heterocycles. The zero-order valence-electron chi connectivity index (χ0n) is 13.2. The van der Waals surface area contributed by atoms with Crippen molar-refractivity contribution in [2.75, 3.05) is 18.9 Å². The number of nitrogens with one attached hydrogen (secondary N) is 1. The van der Waals surface area contributed by atoms with Gasteiger partial charge in [0.1, 0.15) is 6.29 Å². The summed E-state index contributed by atoms with van der Waals surface area (Å²) in [6.07, 6.45) is 0.685.